The van der Waals surface area contributed by atoms with Crippen LogP contribution in [0.3, 0.4) is 0 Å². The predicted molar refractivity (Wildman–Crippen MR) is 54.3 cm³/mol. The molecule has 2 heteroatoms. The van der Waals surface area contributed by atoms with Gasteiger partial charge < -0.3 is 0 Å². The van der Waals surface area contributed by atoms with E-state index in [2.05, 4.69) is 31.8 Å². The summed E-state index contributed by atoms with van der Waals surface area (Å²) in [6.07, 6.45) is 2.00. The zero-order valence-electron chi connectivity index (χ0n) is 7.72. The topological polar surface area (TPSA) is 12.4 Å². The first-order valence-corrected chi connectivity index (χ1v) is 5.02. The van der Waals surface area contributed by atoms with E-state index in [1.54, 1.807) is 0 Å². The Morgan fingerprint density at radius 3 is 2.75 bits per heavy atom. The molecule has 12 heavy (non-hydrogen) atoms. The van der Waals surface area contributed by atoms with Crippen molar-refractivity contribution in [3.8, 4) is 0 Å². The molecule has 0 unspecified atom stereocenters. The molecule has 0 N–H and O–H groups in total. The van der Waals surface area contributed by atoms with E-state index < -0.39 is 0 Å². The minimum Gasteiger partial charge on any atom is -0.287 e. The Kier molecular flexibility index (Phi) is 1.62. The van der Waals surface area contributed by atoms with Crippen LogP contribution in [0.4, 0.5) is 0 Å². The zero-order chi connectivity index (χ0) is 8.77. The van der Waals surface area contributed by atoms with Crippen molar-refractivity contribution >= 4 is 17.6 Å². The van der Waals surface area contributed by atoms with E-state index in [1.165, 1.54) is 15.3 Å². The number of rotatable bonds is 0. The maximum absolute atomic E-state index is 4.22. The van der Waals surface area contributed by atoms with Crippen LogP contribution < -0.4 is 0 Å². The molecule has 0 spiro atoms. The van der Waals surface area contributed by atoms with Crippen LogP contribution in [0.15, 0.2) is 11.1 Å². The van der Waals surface area contributed by atoms with Crippen LogP contribution in [-0.2, 0) is 12.0 Å². The van der Waals surface area contributed by atoms with Crippen LogP contribution in [0.25, 0.3) is 0 Å². The van der Waals surface area contributed by atoms with Crippen LogP contribution in [0.5, 0.6) is 0 Å². The minimum absolute atomic E-state index is 0.294. The van der Waals surface area contributed by atoms with Gasteiger partial charge in [0.2, 0.25) is 0 Å². The summed E-state index contributed by atoms with van der Waals surface area (Å²) in [5.74, 6) is 0. The van der Waals surface area contributed by atoms with Crippen molar-refractivity contribution in [3.63, 3.8) is 0 Å². The monoisotopic (exact) mass is 179 g/mol. The highest BCUT2D eigenvalue weighted by Crippen LogP contribution is 2.33. The van der Waals surface area contributed by atoms with E-state index in [0.717, 1.165) is 6.54 Å². The van der Waals surface area contributed by atoms with E-state index >= 15 is 0 Å². The fourth-order valence-electron chi connectivity index (χ4n) is 1.27. The fourth-order valence-corrected chi connectivity index (χ4v) is 2.40. The Morgan fingerprint density at radius 1 is 1.42 bits per heavy atom. The van der Waals surface area contributed by atoms with Crippen molar-refractivity contribution in [1.82, 2.24) is 0 Å². The molecule has 1 aliphatic rings. The molecule has 0 bridgehead atoms. The van der Waals surface area contributed by atoms with Crippen LogP contribution in [-0.4, -0.2) is 6.21 Å². The maximum atomic E-state index is 4.22. The number of hydrogen-bond donors (Lipinski definition) is 0. The molecule has 64 valence electrons. The van der Waals surface area contributed by atoms with Gasteiger partial charge in [-0.25, -0.2) is 0 Å². The number of aliphatic imine (C=N–C) groups is 1. The Labute approximate surface area is 77.2 Å². The van der Waals surface area contributed by atoms with Crippen LogP contribution in [0, 0.1) is 0 Å². The van der Waals surface area contributed by atoms with Gasteiger partial charge in [0.05, 0.1) is 11.4 Å². The standard InChI is InChI=1S/C10H13NS/c1-10(2,3)9-4-7-5-11-6-8(7)12-9/h4,6H,5H2,1-3H3. The van der Waals surface area contributed by atoms with E-state index in [-0.39, 0.29) is 0 Å². The zero-order valence-corrected chi connectivity index (χ0v) is 8.53. The van der Waals surface area contributed by atoms with Crippen LogP contribution in [0.2, 0.25) is 0 Å². The summed E-state index contributed by atoms with van der Waals surface area (Å²) in [5.41, 5.74) is 1.70. The Bertz CT molecular complexity index is 328. The molecule has 0 radical (unpaired) electrons. The largest absolute Gasteiger partial charge is 0.287 e. The molecule has 0 fully saturated rings. The molecule has 1 nitrogen and oxygen atoms in total. The Morgan fingerprint density at radius 2 is 2.17 bits per heavy atom. The van der Waals surface area contributed by atoms with Crippen molar-refractivity contribution in [3.05, 3.63) is 21.4 Å². The van der Waals surface area contributed by atoms with Gasteiger partial charge in [0, 0.05) is 11.1 Å². The lowest BCUT2D eigenvalue weighted by Crippen LogP contribution is -2.08. The van der Waals surface area contributed by atoms with Gasteiger partial charge in [-0.1, -0.05) is 20.8 Å². The first kappa shape index (κ1) is 7.99. The van der Waals surface area contributed by atoms with E-state index in [1.807, 2.05) is 17.6 Å². The van der Waals surface area contributed by atoms with Crippen molar-refractivity contribution in [2.75, 3.05) is 0 Å². The Hall–Kier alpha value is -0.630. The SMILES string of the molecule is CC(C)(C)c1cc2c(s1)C=NC2. The predicted octanol–water partition coefficient (Wildman–Crippen LogP) is 2.98. The molecule has 1 aromatic rings. The molecular weight excluding hydrogens is 166 g/mol. The van der Waals surface area contributed by atoms with Crippen LogP contribution >= 0.6 is 11.3 Å². The normalized spacial score (nSPS) is 15.2. The maximum Gasteiger partial charge on any atom is 0.0655 e. The quantitative estimate of drug-likeness (QED) is 0.580. The molecule has 0 atom stereocenters. The van der Waals surface area contributed by atoms with Crippen molar-refractivity contribution in [1.29, 1.82) is 0 Å². The van der Waals surface area contributed by atoms with E-state index in [4.69, 9.17) is 0 Å². The van der Waals surface area contributed by atoms with E-state index in [0.29, 0.717) is 5.41 Å². The first-order valence-electron chi connectivity index (χ1n) is 4.20. The molecular formula is C10H13NS. The lowest BCUT2D eigenvalue weighted by molar-refractivity contribution is 0.603. The molecule has 2 rings (SSSR count). The molecule has 0 aliphatic carbocycles. The smallest absolute Gasteiger partial charge is 0.0655 e. The summed E-state index contributed by atoms with van der Waals surface area (Å²) in [4.78, 5) is 7.05. The minimum atomic E-state index is 0.294. The highest BCUT2D eigenvalue weighted by Gasteiger charge is 2.20. The highest BCUT2D eigenvalue weighted by atomic mass is 32.1. The lowest BCUT2D eigenvalue weighted by Gasteiger charge is -2.15. The van der Waals surface area contributed by atoms with Gasteiger partial charge in [-0.2, -0.15) is 0 Å². The first-order chi connectivity index (χ1) is 5.57. The number of thiophene rings is 1. The molecule has 0 aromatic carbocycles. The summed E-state index contributed by atoms with van der Waals surface area (Å²) in [6, 6.07) is 2.30. The van der Waals surface area contributed by atoms with E-state index in [9.17, 15) is 0 Å². The summed E-state index contributed by atoms with van der Waals surface area (Å²) in [5, 5.41) is 0. The van der Waals surface area contributed by atoms with Gasteiger partial charge in [-0.3, -0.25) is 4.99 Å². The number of hydrogen-bond acceptors (Lipinski definition) is 2. The lowest BCUT2D eigenvalue weighted by atomic mass is 9.94. The molecule has 2 heterocycles. The molecule has 1 aromatic heterocycles. The summed E-state index contributed by atoms with van der Waals surface area (Å²) < 4.78 is 0. The fraction of sp³-hybridized carbons (Fsp3) is 0.500. The van der Waals surface area contributed by atoms with Gasteiger partial charge in [0.25, 0.3) is 0 Å². The van der Waals surface area contributed by atoms with Gasteiger partial charge >= 0.3 is 0 Å². The second-order valence-corrected chi connectivity index (χ2v) is 5.30. The third-order valence-electron chi connectivity index (χ3n) is 2.05. The van der Waals surface area contributed by atoms with Crippen molar-refractivity contribution in [2.24, 2.45) is 4.99 Å². The molecule has 0 amide bonds. The summed E-state index contributed by atoms with van der Waals surface area (Å²) >= 11 is 1.88. The number of nitrogens with zero attached hydrogens (tertiary/aromatic N) is 1. The van der Waals surface area contributed by atoms with Crippen molar-refractivity contribution < 1.29 is 0 Å². The molecule has 0 saturated heterocycles. The summed E-state index contributed by atoms with van der Waals surface area (Å²) in [6.45, 7) is 7.66. The van der Waals surface area contributed by atoms with Gasteiger partial charge in [-0.15, -0.1) is 11.3 Å². The number of fused-ring (bicyclic) bond motifs is 1. The summed E-state index contributed by atoms with van der Waals surface area (Å²) in [7, 11) is 0. The van der Waals surface area contributed by atoms with Crippen molar-refractivity contribution in [2.45, 2.75) is 32.7 Å². The molecule has 1 aliphatic heterocycles. The second-order valence-electron chi connectivity index (χ2n) is 4.22. The Balaban J connectivity index is 2.43. The third kappa shape index (κ3) is 1.20. The second kappa shape index (κ2) is 2.43. The van der Waals surface area contributed by atoms with Gasteiger partial charge in [0.15, 0.2) is 0 Å². The van der Waals surface area contributed by atoms with Crippen LogP contribution in [0.1, 0.15) is 36.1 Å². The van der Waals surface area contributed by atoms with Gasteiger partial charge in [-0.05, 0) is 17.0 Å². The third-order valence-corrected chi connectivity index (χ3v) is 3.59. The molecule has 0 saturated carbocycles. The average Bonchev–Trinajstić information content (AvgIpc) is 2.37. The average molecular weight is 179 g/mol. The van der Waals surface area contributed by atoms with Gasteiger partial charge in [0.1, 0.15) is 0 Å². The highest BCUT2D eigenvalue weighted by molar-refractivity contribution is 7.14.